The third kappa shape index (κ3) is 4.28. The first-order valence-corrected chi connectivity index (χ1v) is 8.95. The summed E-state index contributed by atoms with van der Waals surface area (Å²) in [7, 11) is -2.25. The number of carbonyl (C=O) groups is 1. The van der Waals surface area contributed by atoms with Crippen molar-refractivity contribution < 1.29 is 17.9 Å². The normalized spacial score (nSPS) is 22.3. The van der Waals surface area contributed by atoms with Crippen molar-refractivity contribution in [2.24, 2.45) is 5.92 Å². The van der Waals surface area contributed by atoms with Gasteiger partial charge in [0.05, 0.1) is 18.4 Å². The van der Waals surface area contributed by atoms with Gasteiger partial charge in [-0.05, 0) is 30.5 Å². The zero-order valence-electron chi connectivity index (χ0n) is 12.8. The molecule has 0 aliphatic carbocycles. The van der Waals surface area contributed by atoms with Crippen LogP contribution < -0.4 is 10.0 Å². The standard InChI is InChI=1S/C15H22N2O4S/c1-11-7-8-16-9-14(11)17-22(19,20)10-12-5-3-4-6-13(12)15(18)21-2/h3-6,11,14,16-17H,7-10H2,1-2H3. The Kier molecular flexibility index (Phi) is 5.55. The molecule has 1 saturated heterocycles. The van der Waals surface area contributed by atoms with Crippen LogP contribution in [0.5, 0.6) is 0 Å². The summed E-state index contributed by atoms with van der Waals surface area (Å²) < 4.78 is 32.2. The Hall–Kier alpha value is -1.44. The lowest BCUT2D eigenvalue weighted by Gasteiger charge is -2.30. The molecule has 122 valence electrons. The minimum Gasteiger partial charge on any atom is -0.465 e. The number of hydrogen-bond donors (Lipinski definition) is 2. The van der Waals surface area contributed by atoms with Crippen molar-refractivity contribution in [3.63, 3.8) is 0 Å². The van der Waals surface area contributed by atoms with Crippen molar-refractivity contribution in [3.8, 4) is 0 Å². The van der Waals surface area contributed by atoms with E-state index in [1.54, 1.807) is 24.3 Å². The smallest absolute Gasteiger partial charge is 0.338 e. The van der Waals surface area contributed by atoms with E-state index in [0.29, 0.717) is 12.1 Å². The van der Waals surface area contributed by atoms with Gasteiger partial charge in [0, 0.05) is 12.6 Å². The molecule has 0 spiro atoms. The van der Waals surface area contributed by atoms with Crippen LogP contribution in [0.1, 0.15) is 29.3 Å². The van der Waals surface area contributed by atoms with Crippen LogP contribution in [0.25, 0.3) is 0 Å². The van der Waals surface area contributed by atoms with Crippen molar-refractivity contribution in [2.45, 2.75) is 25.1 Å². The number of ether oxygens (including phenoxy) is 1. The number of benzene rings is 1. The number of sulfonamides is 1. The third-order valence-corrected chi connectivity index (χ3v) is 5.28. The molecule has 1 aromatic rings. The highest BCUT2D eigenvalue weighted by Gasteiger charge is 2.26. The summed E-state index contributed by atoms with van der Waals surface area (Å²) in [6, 6.07) is 6.48. The highest BCUT2D eigenvalue weighted by Crippen LogP contribution is 2.16. The van der Waals surface area contributed by atoms with Gasteiger partial charge in [0.25, 0.3) is 0 Å². The van der Waals surface area contributed by atoms with E-state index in [4.69, 9.17) is 4.74 Å². The Balaban J connectivity index is 2.13. The van der Waals surface area contributed by atoms with Crippen LogP contribution in [-0.2, 0) is 20.5 Å². The number of piperidine rings is 1. The van der Waals surface area contributed by atoms with Gasteiger partial charge in [-0.3, -0.25) is 0 Å². The van der Waals surface area contributed by atoms with Gasteiger partial charge in [-0.15, -0.1) is 0 Å². The summed E-state index contributed by atoms with van der Waals surface area (Å²) in [5.41, 5.74) is 0.725. The lowest BCUT2D eigenvalue weighted by atomic mass is 9.96. The van der Waals surface area contributed by atoms with Gasteiger partial charge in [-0.25, -0.2) is 17.9 Å². The van der Waals surface area contributed by atoms with Crippen LogP contribution >= 0.6 is 0 Å². The molecule has 2 rings (SSSR count). The number of esters is 1. The van der Waals surface area contributed by atoms with E-state index < -0.39 is 16.0 Å². The molecule has 1 aliphatic heterocycles. The molecule has 0 aromatic heterocycles. The second-order valence-electron chi connectivity index (χ2n) is 5.60. The molecule has 2 N–H and O–H groups in total. The first-order chi connectivity index (χ1) is 10.4. The van der Waals surface area contributed by atoms with E-state index in [2.05, 4.69) is 10.0 Å². The van der Waals surface area contributed by atoms with Gasteiger partial charge in [0.15, 0.2) is 0 Å². The topological polar surface area (TPSA) is 84.5 Å². The third-order valence-electron chi connectivity index (χ3n) is 3.93. The largest absolute Gasteiger partial charge is 0.465 e. The molecule has 2 unspecified atom stereocenters. The van der Waals surface area contributed by atoms with Gasteiger partial charge in [-0.1, -0.05) is 25.1 Å². The fourth-order valence-corrected chi connectivity index (χ4v) is 4.10. The van der Waals surface area contributed by atoms with Crippen LogP contribution in [-0.4, -0.2) is 40.6 Å². The minimum absolute atomic E-state index is 0.121. The number of carbonyl (C=O) groups excluding carboxylic acids is 1. The van der Waals surface area contributed by atoms with Gasteiger partial charge >= 0.3 is 5.97 Å². The van der Waals surface area contributed by atoms with Crippen LogP contribution in [0.3, 0.4) is 0 Å². The summed E-state index contributed by atoms with van der Waals surface area (Å²) in [6.07, 6.45) is 0.936. The van der Waals surface area contributed by atoms with Gasteiger partial charge in [-0.2, -0.15) is 0 Å². The van der Waals surface area contributed by atoms with Gasteiger partial charge in [0.2, 0.25) is 10.0 Å². The van der Waals surface area contributed by atoms with E-state index in [-0.39, 0.29) is 23.3 Å². The quantitative estimate of drug-likeness (QED) is 0.785. The Morgan fingerprint density at radius 1 is 1.41 bits per heavy atom. The second-order valence-corrected chi connectivity index (χ2v) is 7.36. The van der Waals surface area contributed by atoms with Crippen molar-refractivity contribution in [2.75, 3.05) is 20.2 Å². The van der Waals surface area contributed by atoms with Crippen LogP contribution in [0.2, 0.25) is 0 Å². The number of nitrogens with one attached hydrogen (secondary N) is 2. The lowest BCUT2D eigenvalue weighted by molar-refractivity contribution is 0.0600. The SMILES string of the molecule is COC(=O)c1ccccc1CS(=O)(=O)NC1CNCCC1C. The fourth-order valence-electron chi connectivity index (χ4n) is 2.58. The van der Waals surface area contributed by atoms with Crippen molar-refractivity contribution >= 4 is 16.0 Å². The molecule has 0 amide bonds. The van der Waals surface area contributed by atoms with E-state index in [1.165, 1.54) is 7.11 Å². The molecule has 1 aliphatic rings. The fraction of sp³-hybridized carbons (Fsp3) is 0.533. The van der Waals surface area contributed by atoms with Crippen LogP contribution in [0.15, 0.2) is 24.3 Å². The number of methoxy groups -OCH3 is 1. The summed E-state index contributed by atoms with van der Waals surface area (Å²) in [5, 5.41) is 3.19. The molecule has 6 nitrogen and oxygen atoms in total. The van der Waals surface area contributed by atoms with E-state index in [0.717, 1.165) is 13.0 Å². The van der Waals surface area contributed by atoms with Crippen molar-refractivity contribution in [1.82, 2.24) is 10.0 Å². The molecule has 0 radical (unpaired) electrons. The maximum Gasteiger partial charge on any atom is 0.338 e. The van der Waals surface area contributed by atoms with E-state index in [1.807, 2.05) is 6.92 Å². The molecule has 1 aromatic carbocycles. The van der Waals surface area contributed by atoms with Crippen LogP contribution in [0.4, 0.5) is 0 Å². The molecule has 1 fully saturated rings. The van der Waals surface area contributed by atoms with E-state index in [9.17, 15) is 13.2 Å². The van der Waals surface area contributed by atoms with Crippen molar-refractivity contribution in [1.29, 1.82) is 0 Å². The molecule has 1 heterocycles. The average Bonchev–Trinajstić information content (AvgIpc) is 2.49. The predicted octanol–water partition coefficient (Wildman–Crippen LogP) is 0.891. The second kappa shape index (κ2) is 7.21. The van der Waals surface area contributed by atoms with Gasteiger partial charge in [0.1, 0.15) is 0 Å². The predicted molar refractivity (Wildman–Crippen MR) is 84.0 cm³/mol. The molecule has 22 heavy (non-hydrogen) atoms. The first kappa shape index (κ1) is 16.9. The molecule has 0 saturated carbocycles. The monoisotopic (exact) mass is 326 g/mol. The highest BCUT2D eigenvalue weighted by atomic mass is 32.2. The van der Waals surface area contributed by atoms with E-state index >= 15 is 0 Å². The minimum atomic E-state index is -3.53. The highest BCUT2D eigenvalue weighted by molar-refractivity contribution is 7.88. The molecule has 7 heteroatoms. The van der Waals surface area contributed by atoms with Crippen molar-refractivity contribution in [3.05, 3.63) is 35.4 Å². The zero-order chi connectivity index (χ0) is 16.2. The summed E-state index contributed by atoms with van der Waals surface area (Å²) >= 11 is 0. The Labute approximate surface area is 131 Å². The molecule has 2 atom stereocenters. The number of hydrogen-bond acceptors (Lipinski definition) is 5. The average molecular weight is 326 g/mol. The summed E-state index contributed by atoms with van der Waals surface area (Å²) in [4.78, 5) is 11.7. The van der Waals surface area contributed by atoms with Gasteiger partial charge < -0.3 is 10.1 Å². The Morgan fingerprint density at radius 2 is 2.14 bits per heavy atom. The summed E-state index contributed by atoms with van der Waals surface area (Å²) in [5.74, 6) is -0.480. The Morgan fingerprint density at radius 3 is 2.82 bits per heavy atom. The lowest BCUT2D eigenvalue weighted by Crippen LogP contribution is -2.50. The first-order valence-electron chi connectivity index (χ1n) is 7.30. The zero-order valence-corrected chi connectivity index (χ0v) is 13.7. The summed E-state index contributed by atoms with van der Waals surface area (Å²) in [6.45, 7) is 3.57. The number of rotatable bonds is 5. The Bertz CT molecular complexity index is 630. The molecule has 0 bridgehead atoms. The molecular formula is C15H22N2O4S. The molecular weight excluding hydrogens is 304 g/mol. The maximum absolute atomic E-state index is 12.4. The maximum atomic E-state index is 12.4. The van der Waals surface area contributed by atoms with Crippen LogP contribution in [0, 0.1) is 5.92 Å².